The van der Waals surface area contributed by atoms with Crippen LogP contribution in [0.3, 0.4) is 0 Å². The first-order valence-electron chi connectivity index (χ1n) is 8.71. The summed E-state index contributed by atoms with van der Waals surface area (Å²) in [6.45, 7) is 1.60. The minimum atomic E-state index is -3.84. The van der Waals surface area contributed by atoms with Gasteiger partial charge in [0.1, 0.15) is 5.25 Å². The predicted octanol–water partition coefficient (Wildman–Crippen LogP) is 3.49. The molecule has 28 heavy (non-hydrogen) atoms. The fraction of sp³-hybridized carbons (Fsp3) is 0.143. The predicted molar refractivity (Wildman–Crippen MR) is 109 cm³/mol. The maximum absolute atomic E-state index is 13.2. The topological polar surface area (TPSA) is 80.3 Å². The second-order valence-corrected chi connectivity index (χ2v) is 10.3. The zero-order chi connectivity index (χ0) is 20.2. The lowest BCUT2D eigenvalue weighted by atomic mass is 10.1. The zero-order valence-corrected chi connectivity index (χ0v) is 16.9. The van der Waals surface area contributed by atoms with Gasteiger partial charge in [0.05, 0.1) is 9.79 Å². The van der Waals surface area contributed by atoms with Gasteiger partial charge in [-0.2, -0.15) is 0 Å². The first kappa shape index (κ1) is 20.3. The monoisotopic (exact) mass is 415 g/mol. The van der Waals surface area contributed by atoms with E-state index in [1.165, 1.54) is 24.3 Å². The molecule has 1 atom stereocenters. The number of aryl methyl sites for hydroxylation is 1. The summed E-state index contributed by atoms with van der Waals surface area (Å²) in [6.07, 6.45) is 0. The highest BCUT2D eigenvalue weighted by molar-refractivity contribution is 7.92. The van der Waals surface area contributed by atoms with Crippen LogP contribution in [-0.4, -0.2) is 23.4 Å². The lowest BCUT2D eigenvalue weighted by Crippen LogP contribution is -2.32. The molecule has 0 amide bonds. The number of rotatable bonds is 7. The molecular formula is C21H21NO4S2. The normalized spacial score (nSPS) is 13.2. The lowest BCUT2D eigenvalue weighted by Gasteiger charge is -2.19. The van der Waals surface area contributed by atoms with Crippen molar-refractivity contribution in [3.8, 4) is 0 Å². The van der Waals surface area contributed by atoms with Crippen LogP contribution in [0.1, 0.15) is 16.4 Å². The second kappa shape index (κ2) is 8.26. The van der Waals surface area contributed by atoms with Crippen LogP contribution < -0.4 is 4.72 Å². The standard InChI is InChI=1S/C21H21NO4S2/c1-17-12-14-20(15-13-17)28(25,26)22-16-21(18-8-4-2-5-9-18)27(23,24)19-10-6-3-7-11-19/h2-15,21-22H,16H2,1H3. The number of nitrogens with one attached hydrogen (secondary N) is 1. The molecule has 0 saturated heterocycles. The molecular weight excluding hydrogens is 394 g/mol. The average Bonchev–Trinajstić information content (AvgIpc) is 2.70. The molecule has 0 saturated carbocycles. The number of sulfonamides is 1. The lowest BCUT2D eigenvalue weighted by molar-refractivity contribution is 0.568. The van der Waals surface area contributed by atoms with Gasteiger partial charge in [-0.3, -0.25) is 0 Å². The Morgan fingerprint density at radius 2 is 1.25 bits per heavy atom. The van der Waals surface area contributed by atoms with E-state index in [0.29, 0.717) is 5.56 Å². The molecule has 1 N–H and O–H groups in total. The first-order chi connectivity index (χ1) is 13.3. The van der Waals surface area contributed by atoms with E-state index in [-0.39, 0.29) is 16.3 Å². The van der Waals surface area contributed by atoms with Gasteiger partial charge in [0.2, 0.25) is 10.0 Å². The van der Waals surface area contributed by atoms with E-state index in [0.717, 1.165) is 5.56 Å². The molecule has 0 fully saturated rings. The van der Waals surface area contributed by atoms with Crippen LogP contribution in [0.15, 0.2) is 94.7 Å². The molecule has 0 radical (unpaired) electrons. The minimum absolute atomic E-state index is 0.0991. The smallest absolute Gasteiger partial charge is 0.223 e. The molecule has 0 aliphatic carbocycles. The van der Waals surface area contributed by atoms with Crippen molar-refractivity contribution >= 4 is 19.9 Å². The van der Waals surface area contributed by atoms with E-state index in [1.807, 2.05) is 6.92 Å². The molecule has 3 aromatic rings. The van der Waals surface area contributed by atoms with Crippen molar-refractivity contribution in [3.05, 3.63) is 96.1 Å². The van der Waals surface area contributed by atoms with Crippen LogP contribution in [0.25, 0.3) is 0 Å². The van der Waals surface area contributed by atoms with Gasteiger partial charge in [0.25, 0.3) is 0 Å². The van der Waals surface area contributed by atoms with E-state index < -0.39 is 25.1 Å². The summed E-state index contributed by atoms with van der Waals surface area (Å²) >= 11 is 0. The molecule has 0 aromatic heterocycles. The molecule has 3 aromatic carbocycles. The second-order valence-electron chi connectivity index (χ2n) is 6.42. The van der Waals surface area contributed by atoms with Crippen molar-refractivity contribution in [3.63, 3.8) is 0 Å². The van der Waals surface area contributed by atoms with E-state index in [9.17, 15) is 16.8 Å². The van der Waals surface area contributed by atoms with Crippen molar-refractivity contribution in [1.82, 2.24) is 4.72 Å². The van der Waals surface area contributed by atoms with Gasteiger partial charge in [-0.1, -0.05) is 66.2 Å². The van der Waals surface area contributed by atoms with Crippen LogP contribution in [0, 0.1) is 6.92 Å². The molecule has 5 nitrogen and oxygen atoms in total. The van der Waals surface area contributed by atoms with Crippen molar-refractivity contribution in [2.24, 2.45) is 0 Å². The third kappa shape index (κ3) is 4.49. The molecule has 0 aliphatic heterocycles. The van der Waals surface area contributed by atoms with E-state index in [4.69, 9.17) is 0 Å². The Kier molecular flexibility index (Phi) is 5.98. The van der Waals surface area contributed by atoms with Gasteiger partial charge in [0, 0.05) is 6.54 Å². The van der Waals surface area contributed by atoms with Crippen molar-refractivity contribution in [2.45, 2.75) is 22.0 Å². The van der Waals surface area contributed by atoms with Gasteiger partial charge in [0.15, 0.2) is 9.84 Å². The molecule has 146 valence electrons. The molecule has 0 heterocycles. The van der Waals surface area contributed by atoms with Crippen LogP contribution >= 0.6 is 0 Å². The third-order valence-electron chi connectivity index (χ3n) is 4.41. The summed E-state index contributed by atoms with van der Waals surface area (Å²) in [6, 6.07) is 23.1. The summed E-state index contributed by atoms with van der Waals surface area (Å²) in [5.74, 6) is 0. The van der Waals surface area contributed by atoms with Gasteiger partial charge in [-0.15, -0.1) is 0 Å². The Balaban J connectivity index is 1.94. The van der Waals surface area contributed by atoms with Crippen molar-refractivity contribution in [1.29, 1.82) is 0 Å². The average molecular weight is 416 g/mol. The summed E-state index contributed by atoms with van der Waals surface area (Å²) in [7, 11) is -7.63. The third-order valence-corrected chi connectivity index (χ3v) is 7.96. The zero-order valence-electron chi connectivity index (χ0n) is 15.3. The van der Waals surface area contributed by atoms with Crippen LogP contribution in [0.2, 0.25) is 0 Å². The minimum Gasteiger partial charge on any atom is -0.223 e. The fourth-order valence-corrected chi connectivity index (χ4v) is 5.67. The molecule has 7 heteroatoms. The van der Waals surface area contributed by atoms with E-state index in [1.54, 1.807) is 60.7 Å². The fourth-order valence-electron chi connectivity index (χ4n) is 2.83. The Morgan fingerprint density at radius 1 is 0.714 bits per heavy atom. The Bertz CT molecular complexity index is 1130. The maximum Gasteiger partial charge on any atom is 0.240 e. The Hall–Kier alpha value is -2.48. The number of hydrogen-bond acceptors (Lipinski definition) is 4. The van der Waals surface area contributed by atoms with Gasteiger partial charge in [-0.05, 0) is 36.8 Å². The first-order valence-corrected chi connectivity index (χ1v) is 11.7. The molecule has 0 bridgehead atoms. The largest absolute Gasteiger partial charge is 0.240 e. The molecule has 3 rings (SSSR count). The summed E-state index contributed by atoms with van der Waals surface area (Å²) < 4.78 is 54.1. The van der Waals surface area contributed by atoms with E-state index in [2.05, 4.69) is 4.72 Å². The number of hydrogen-bond donors (Lipinski definition) is 1. The van der Waals surface area contributed by atoms with Crippen molar-refractivity contribution < 1.29 is 16.8 Å². The molecule has 0 aliphatic rings. The summed E-state index contributed by atoms with van der Waals surface area (Å²) in [5.41, 5.74) is 1.46. The Morgan fingerprint density at radius 3 is 1.82 bits per heavy atom. The molecule has 1 unspecified atom stereocenters. The highest BCUT2D eigenvalue weighted by Crippen LogP contribution is 2.28. The molecule has 0 spiro atoms. The van der Waals surface area contributed by atoms with E-state index >= 15 is 0 Å². The van der Waals surface area contributed by atoms with Gasteiger partial charge in [-0.25, -0.2) is 21.6 Å². The highest BCUT2D eigenvalue weighted by atomic mass is 32.2. The number of sulfone groups is 1. The highest BCUT2D eigenvalue weighted by Gasteiger charge is 2.30. The SMILES string of the molecule is Cc1ccc(S(=O)(=O)NCC(c2ccccc2)S(=O)(=O)c2ccccc2)cc1. The van der Waals surface area contributed by atoms with Crippen molar-refractivity contribution in [2.75, 3.05) is 6.54 Å². The number of benzene rings is 3. The van der Waals surface area contributed by atoms with Gasteiger partial charge >= 0.3 is 0 Å². The van der Waals surface area contributed by atoms with Crippen LogP contribution in [0.4, 0.5) is 0 Å². The summed E-state index contributed by atoms with van der Waals surface area (Å²) in [4.78, 5) is 0.250. The maximum atomic E-state index is 13.2. The van der Waals surface area contributed by atoms with Crippen LogP contribution in [-0.2, 0) is 19.9 Å². The Labute approximate surface area is 166 Å². The van der Waals surface area contributed by atoms with Crippen LogP contribution in [0.5, 0.6) is 0 Å². The quantitative estimate of drug-likeness (QED) is 0.641. The van der Waals surface area contributed by atoms with Gasteiger partial charge < -0.3 is 0 Å². The summed E-state index contributed by atoms with van der Waals surface area (Å²) in [5, 5.41) is -1.05.